The van der Waals surface area contributed by atoms with Gasteiger partial charge in [-0.1, -0.05) is 30.3 Å². The van der Waals surface area contributed by atoms with Gasteiger partial charge in [-0.3, -0.25) is 0 Å². The van der Waals surface area contributed by atoms with E-state index in [-0.39, 0.29) is 6.61 Å². The molecule has 0 saturated carbocycles. The van der Waals surface area contributed by atoms with Crippen LogP contribution in [0, 0.1) is 0 Å². The molecule has 0 aliphatic rings. The van der Waals surface area contributed by atoms with E-state index in [2.05, 4.69) is 15.3 Å². The molecule has 6 nitrogen and oxygen atoms in total. The molecule has 2 N–H and O–H groups in total. The van der Waals surface area contributed by atoms with Crippen LogP contribution in [0.1, 0.15) is 0 Å². The van der Waals surface area contributed by atoms with Crippen LogP contribution in [-0.2, 0) is 0 Å². The molecule has 120 valence electrons. The minimum Gasteiger partial charge on any atom is -0.464 e. The van der Waals surface area contributed by atoms with Gasteiger partial charge in [0.05, 0.1) is 23.8 Å². The molecule has 0 aliphatic carbocycles. The monoisotopic (exact) mass is 321 g/mol. The van der Waals surface area contributed by atoms with Crippen LogP contribution >= 0.6 is 0 Å². The number of nitrogens with one attached hydrogen (secondary N) is 1. The summed E-state index contributed by atoms with van der Waals surface area (Å²) in [6, 6.07) is 13.5. The molecule has 3 heterocycles. The second kappa shape index (κ2) is 6.17. The maximum atomic E-state index is 9.09. The first-order chi connectivity index (χ1) is 11.9. The van der Waals surface area contributed by atoms with Gasteiger partial charge in [0, 0.05) is 12.1 Å². The first-order valence-corrected chi connectivity index (χ1v) is 7.60. The van der Waals surface area contributed by atoms with E-state index >= 15 is 0 Å². The molecule has 4 aromatic rings. The molecule has 24 heavy (non-hydrogen) atoms. The van der Waals surface area contributed by atoms with Crippen LogP contribution in [0.4, 0.5) is 5.82 Å². The third-order valence-corrected chi connectivity index (χ3v) is 3.70. The minimum absolute atomic E-state index is 0.00494. The number of hydrogen-bond donors (Lipinski definition) is 2. The Morgan fingerprint density at radius 1 is 1.04 bits per heavy atom. The largest absolute Gasteiger partial charge is 0.464 e. The zero-order chi connectivity index (χ0) is 16.4. The van der Waals surface area contributed by atoms with Gasteiger partial charge in [0.15, 0.2) is 0 Å². The minimum atomic E-state index is 0.00494. The van der Waals surface area contributed by atoms with Crippen LogP contribution in [0.5, 0.6) is 0 Å². The number of nitrogens with zero attached hydrogens (tertiary/aromatic N) is 2. The first-order valence-electron chi connectivity index (χ1n) is 7.60. The van der Waals surface area contributed by atoms with Crippen molar-refractivity contribution in [1.82, 2.24) is 9.97 Å². The Morgan fingerprint density at radius 2 is 1.92 bits per heavy atom. The number of aliphatic hydroxyl groups excluding tert-OH is 1. The van der Waals surface area contributed by atoms with Crippen LogP contribution in [0.2, 0.25) is 0 Å². The molecule has 6 heteroatoms. The van der Waals surface area contributed by atoms with Crippen molar-refractivity contribution in [2.24, 2.45) is 0 Å². The lowest BCUT2D eigenvalue weighted by atomic mass is 10.0. The Balaban J connectivity index is 2.01. The molecular formula is C18H15N3O3. The summed E-state index contributed by atoms with van der Waals surface area (Å²) in [5.74, 6) is 1.95. The molecule has 4 rings (SSSR count). The molecular weight excluding hydrogens is 306 g/mol. The van der Waals surface area contributed by atoms with Gasteiger partial charge >= 0.3 is 0 Å². The van der Waals surface area contributed by atoms with Crippen molar-refractivity contribution in [3.05, 3.63) is 55.1 Å². The van der Waals surface area contributed by atoms with Gasteiger partial charge in [-0.15, -0.1) is 0 Å². The summed E-state index contributed by atoms with van der Waals surface area (Å²) in [7, 11) is 0. The number of aliphatic hydroxyl groups is 1. The normalized spacial score (nSPS) is 11.0. The second-order valence-corrected chi connectivity index (χ2v) is 5.20. The highest BCUT2D eigenvalue weighted by Crippen LogP contribution is 2.42. The van der Waals surface area contributed by atoms with Crippen LogP contribution in [-0.4, -0.2) is 28.2 Å². The topological polar surface area (TPSA) is 84.3 Å². The van der Waals surface area contributed by atoms with Crippen LogP contribution in [0.25, 0.3) is 33.7 Å². The fourth-order valence-corrected chi connectivity index (χ4v) is 2.69. The van der Waals surface area contributed by atoms with Crippen LogP contribution in [0.15, 0.2) is 63.9 Å². The second-order valence-electron chi connectivity index (χ2n) is 5.20. The summed E-state index contributed by atoms with van der Waals surface area (Å²) in [6.07, 6.45) is 3.06. The van der Waals surface area contributed by atoms with E-state index in [1.165, 1.54) is 6.33 Å². The van der Waals surface area contributed by atoms with Crippen molar-refractivity contribution in [1.29, 1.82) is 0 Å². The van der Waals surface area contributed by atoms with Crippen LogP contribution < -0.4 is 5.32 Å². The fourth-order valence-electron chi connectivity index (χ4n) is 2.69. The van der Waals surface area contributed by atoms with Crippen molar-refractivity contribution >= 4 is 16.9 Å². The summed E-state index contributed by atoms with van der Waals surface area (Å²) in [5, 5.41) is 12.9. The van der Waals surface area contributed by atoms with Gasteiger partial charge in [0.25, 0.3) is 0 Å². The standard InChI is InChI=1S/C18H15N3O3/c22-9-8-19-17-15-14(13-7-4-10-23-13)16(12-5-2-1-3-6-12)24-18(15)21-11-20-17/h1-7,10-11,22H,8-9H2,(H,19,20,21). The van der Waals surface area contributed by atoms with Gasteiger partial charge in [0.1, 0.15) is 23.7 Å². The number of anilines is 1. The van der Waals surface area contributed by atoms with E-state index in [1.807, 2.05) is 42.5 Å². The molecule has 0 saturated heterocycles. The van der Waals surface area contributed by atoms with Crippen molar-refractivity contribution < 1.29 is 13.9 Å². The van der Waals surface area contributed by atoms with Gasteiger partial charge in [-0.25, -0.2) is 9.97 Å². The predicted molar refractivity (Wildman–Crippen MR) is 90.5 cm³/mol. The third-order valence-electron chi connectivity index (χ3n) is 3.70. The molecule has 0 amide bonds. The van der Waals surface area contributed by atoms with E-state index in [0.29, 0.717) is 29.6 Å². The highest BCUT2D eigenvalue weighted by molar-refractivity contribution is 6.04. The van der Waals surface area contributed by atoms with Crippen molar-refractivity contribution in [3.63, 3.8) is 0 Å². The van der Waals surface area contributed by atoms with Crippen molar-refractivity contribution in [2.45, 2.75) is 0 Å². The Bertz CT molecular complexity index is 946. The third kappa shape index (κ3) is 2.43. The summed E-state index contributed by atoms with van der Waals surface area (Å²) in [6.45, 7) is 0.389. The highest BCUT2D eigenvalue weighted by atomic mass is 16.4. The molecule has 1 aromatic carbocycles. The summed E-state index contributed by atoms with van der Waals surface area (Å²) in [4.78, 5) is 8.53. The zero-order valence-corrected chi connectivity index (χ0v) is 12.8. The molecule has 0 radical (unpaired) electrons. The van der Waals surface area contributed by atoms with Gasteiger partial charge in [-0.05, 0) is 12.1 Å². The average Bonchev–Trinajstić information content (AvgIpc) is 3.27. The van der Waals surface area contributed by atoms with E-state index < -0.39 is 0 Å². The van der Waals surface area contributed by atoms with Gasteiger partial charge in [-0.2, -0.15) is 0 Å². The Labute approximate surface area is 137 Å². The molecule has 3 aromatic heterocycles. The molecule has 0 spiro atoms. The molecule has 0 fully saturated rings. The lowest BCUT2D eigenvalue weighted by Gasteiger charge is -2.05. The Hall–Kier alpha value is -3.12. The predicted octanol–water partition coefficient (Wildman–Crippen LogP) is 3.55. The smallest absolute Gasteiger partial charge is 0.232 e. The summed E-state index contributed by atoms with van der Waals surface area (Å²) < 4.78 is 11.6. The zero-order valence-electron chi connectivity index (χ0n) is 12.8. The number of aromatic nitrogens is 2. The van der Waals surface area contributed by atoms with E-state index in [0.717, 1.165) is 16.5 Å². The quantitative estimate of drug-likeness (QED) is 0.585. The first kappa shape index (κ1) is 14.5. The lowest BCUT2D eigenvalue weighted by molar-refractivity contribution is 0.311. The molecule has 0 atom stereocenters. The number of benzene rings is 1. The van der Waals surface area contributed by atoms with Gasteiger partial charge < -0.3 is 19.3 Å². The molecule has 0 unspecified atom stereocenters. The number of fused-ring (bicyclic) bond motifs is 1. The van der Waals surface area contributed by atoms with E-state index in [9.17, 15) is 0 Å². The number of rotatable bonds is 5. The fraction of sp³-hybridized carbons (Fsp3) is 0.111. The summed E-state index contributed by atoms with van der Waals surface area (Å²) >= 11 is 0. The summed E-state index contributed by atoms with van der Waals surface area (Å²) in [5.41, 5.74) is 2.19. The van der Waals surface area contributed by atoms with Crippen LogP contribution in [0.3, 0.4) is 0 Å². The maximum Gasteiger partial charge on any atom is 0.232 e. The number of hydrogen-bond acceptors (Lipinski definition) is 6. The average molecular weight is 321 g/mol. The van der Waals surface area contributed by atoms with E-state index in [4.69, 9.17) is 13.9 Å². The number of furan rings is 2. The molecule has 0 bridgehead atoms. The maximum absolute atomic E-state index is 9.09. The highest BCUT2D eigenvalue weighted by Gasteiger charge is 2.23. The Kier molecular flexibility index (Phi) is 3.72. The molecule has 0 aliphatic heterocycles. The Morgan fingerprint density at radius 3 is 2.67 bits per heavy atom. The van der Waals surface area contributed by atoms with Crippen molar-refractivity contribution in [3.8, 4) is 22.6 Å². The van der Waals surface area contributed by atoms with Gasteiger partial charge in [0.2, 0.25) is 5.71 Å². The van der Waals surface area contributed by atoms with Crippen molar-refractivity contribution in [2.75, 3.05) is 18.5 Å². The SMILES string of the molecule is OCCNc1ncnc2oc(-c3ccccc3)c(-c3ccco3)c12. The van der Waals surface area contributed by atoms with E-state index in [1.54, 1.807) is 6.26 Å². The lowest BCUT2D eigenvalue weighted by Crippen LogP contribution is -2.07.